The lowest BCUT2D eigenvalue weighted by Crippen LogP contribution is -2.50. The Bertz CT molecular complexity index is 403. The van der Waals surface area contributed by atoms with Crippen LogP contribution >= 0.6 is 15.9 Å². The van der Waals surface area contributed by atoms with Gasteiger partial charge in [0.15, 0.2) is 0 Å². The topological polar surface area (TPSA) is 6.48 Å². The molecule has 3 rings (SSSR count). The fraction of sp³-hybridized carbons (Fsp3) is 0.600. The average Bonchev–Trinajstić information content (AvgIpc) is 2.86. The summed E-state index contributed by atoms with van der Waals surface area (Å²) in [5.74, 6) is 0. The minimum Gasteiger partial charge on any atom is -0.298 e. The fourth-order valence-corrected chi connectivity index (χ4v) is 3.58. The summed E-state index contributed by atoms with van der Waals surface area (Å²) < 4.78 is 1.17. The van der Waals surface area contributed by atoms with Crippen LogP contribution in [0.5, 0.6) is 0 Å². The molecule has 0 saturated carbocycles. The van der Waals surface area contributed by atoms with Crippen LogP contribution in [0.3, 0.4) is 0 Å². The molecule has 0 amide bonds. The van der Waals surface area contributed by atoms with Crippen LogP contribution in [0.25, 0.3) is 0 Å². The van der Waals surface area contributed by atoms with E-state index in [0.29, 0.717) is 6.04 Å². The molecular weight excluding hydrogens is 288 g/mol. The highest BCUT2D eigenvalue weighted by molar-refractivity contribution is 9.10. The third kappa shape index (κ3) is 2.49. The second kappa shape index (κ2) is 5.32. The summed E-state index contributed by atoms with van der Waals surface area (Å²) in [6.45, 7) is 7.38. The van der Waals surface area contributed by atoms with Crippen LogP contribution in [0, 0.1) is 0 Å². The molecule has 2 aliphatic rings. The summed E-state index contributed by atoms with van der Waals surface area (Å²) in [7, 11) is 0. The molecule has 0 aromatic heterocycles. The molecule has 0 spiro atoms. The van der Waals surface area contributed by atoms with Gasteiger partial charge in [-0.15, -0.1) is 0 Å². The van der Waals surface area contributed by atoms with E-state index in [1.165, 1.54) is 49.1 Å². The standard InChI is InChI=1S/C15H21BrN2/c1-12(13-4-6-14(16)7-5-13)18-10-9-17-8-2-3-15(17)11-18/h4-7,12,15H,2-3,8-11H2,1H3. The van der Waals surface area contributed by atoms with Gasteiger partial charge in [-0.3, -0.25) is 9.80 Å². The Hall–Kier alpha value is -0.380. The average molecular weight is 309 g/mol. The summed E-state index contributed by atoms with van der Waals surface area (Å²) in [6.07, 6.45) is 2.79. The minimum absolute atomic E-state index is 0.542. The van der Waals surface area contributed by atoms with Crippen molar-refractivity contribution in [3.63, 3.8) is 0 Å². The van der Waals surface area contributed by atoms with Gasteiger partial charge < -0.3 is 0 Å². The van der Waals surface area contributed by atoms with Crippen molar-refractivity contribution >= 4 is 15.9 Å². The van der Waals surface area contributed by atoms with Crippen molar-refractivity contribution < 1.29 is 0 Å². The van der Waals surface area contributed by atoms with Gasteiger partial charge in [-0.05, 0) is 44.0 Å². The monoisotopic (exact) mass is 308 g/mol. The normalized spacial score (nSPS) is 27.1. The Kier molecular flexibility index (Phi) is 3.73. The van der Waals surface area contributed by atoms with Crippen LogP contribution in [0.1, 0.15) is 31.4 Å². The maximum Gasteiger partial charge on any atom is 0.0321 e. The van der Waals surface area contributed by atoms with E-state index in [1.807, 2.05) is 0 Å². The summed E-state index contributed by atoms with van der Waals surface area (Å²) in [6, 6.07) is 10.2. The summed E-state index contributed by atoms with van der Waals surface area (Å²) in [4.78, 5) is 5.32. The van der Waals surface area contributed by atoms with E-state index in [2.05, 4.69) is 56.9 Å². The number of nitrogens with zero attached hydrogens (tertiary/aromatic N) is 2. The second-order valence-corrected chi connectivity index (χ2v) is 6.47. The van der Waals surface area contributed by atoms with Crippen LogP contribution in [-0.2, 0) is 0 Å². The van der Waals surface area contributed by atoms with Gasteiger partial charge in [0.1, 0.15) is 0 Å². The highest BCUT2D eigenvalue weighted by atomic mass is 79.9. The van der Waals surface area contributed by atoms with Crippen molar-refractivity contribution in [2.45, 2.75) is 31.8 Å². The number of fused-ring (bicyclic) bond motifs is 1. The molecular formula is C15H21BrN2. The molecule has 0 aliphatic carbocycles. The first-order chi connectivity index (χ1) is 8.74. The number of rotatable bonds is 2. The SMILES string of the molecule is CC(c1ccc(Br)cc1)N1CCN2CCCC2C1. The van der Waals surface area contributed by atoms with Crippen LogP contribution in [-0.4, -0.2) is 42.0 Å². The quantitative estimate of drug-likeness (QED) is 0.827. The van der Waals surface area contributed by atoms with E-state index >= 15 is 0 Å². The molecule has 1 aromatic rings. The lowest BCUT2D eigenvalue weighted by atomic mass is 10.0. The Morgan fingerprint density at radius 2 is 1.94 bits per heavy atom. The van der Waals surface area contributed by atoms with E-state index in [4.69, 9.17) is 0 Å². The molecule has 1 aromatic carbocycles. The van der Waals surface area contributed by atoms with Gasteiger partial charge >= 0.3 is 0 Å². The molecule has 98 valence electrons. The molecule has 2 atom stereocenters. The third-order valence-electron chi connectivity index (χ3n) is 4.52. The molecule has 2 nitrogen and oxygen atoms in total. The minimum atomic E-state index is 0.542. The highest BCUT2D eigenvalue weighted by Crippen LogP contribution is 2.28. The number of halogens is 1. The zero-order valence-corrected chi connectivity index (χ0v) is 12.6. The summed E-state index contributed by atoms with van der Waals surface area (Å²) in [5.41, 5.74) is 1.43. The van der Waals surface area contributed by atoms with Gasteiger partial charge in [0.2, 0.25) is 0 Å². The highest BCUT2D eigenvalue weighted by Gasteiger charge is 2.32. The van der Waals surface area contributed by atoms with E-state index < -0.39 is 0 Å². The van der Waals surface area contributed by atoms with Crippen LogP contribution < -0.4 is 0 Å². The van der Waals surface area contributed by atoms with Crippen LogP contribution in [0.4, 0.5) is 0 Å². The van der Waals surface area contributed by atoms with E-state index in [-0.39, 0.29) is 0 Å². The predicted octanol–water partition coefficient (Wildman–Crippen LogP) is 3.29. The zero-order valence-electron chi connectivity index (χ0n) is 11.0. The third-order valence-corrected chi connectivity index (χ3v) is 5.05. The van der Waals surface area contributed by atoms with E-state index in [0.717, 1.165) is 6.04 Å². The maximum atomic E-state index is 3.51. The lowest BCUT2D eigenvalue weighted by molar-refractivity contribution is 0.0770. The van der Waals surface area contributed by atoms with E-state index in [1.54, 1.807) is 0 Å². The van der Waals surface area contributed by atoms with Crippen molar-refractivity contribution in [2.75, 3.05) is 26.2 Å². The molecule has 0 bridgehead atoms. The molecule has 2 saturated heterocycles. The first-order valence-electron chi connectivity index (χ1n) is 6.97. The Balaban J connectivity index is 1.69. The van der Waals surface area contributed by atoms with E-state index in [9.17, 15) is 0 Å². The molecule has 3 heteroatoms. The van der Waals surface area contributed by atoms with Gasteiger partial charge in [0.05, 0.1) is 0 Å². The summed E-state index contributed by atoms with van der Waals surface area (Å²) in [5, 5.41) is 0. The second-order valence-electron chi connectivity index (χ2n) is 5.55. The Morgan fingerprint density at radius 3 is 2.72 bits per heavy atom. The number of hydrogen-bond acceptors (Lipinski definition) is 2. The first-order valence-corrected chi connectivity index (χ1v) is 7.77. The van der Waals surface area contributed by atoms with Crippen LogP contribution in [0.15, 0.2) is 28.7 Å². The van der Waals surface area contributed by atoms with Crippen molar-refractivity contribution in [3.8, 4) is 0 Å². The molecule has 0 N–H and O–H groups in total. The number of benzene rings is 1. The van der Waals surface area contributed by atoms with Gasteiger partial charge in [-0.25, -0.2) is 0 Å². The van der Waals surface area contributed by atoms with Crippen molar-refractivity contribution in [1.82, 2.24) is 9.80 Å². The smallest absolute Gasteiger partial charge is 0.0321 e. The van der Waals surface area contributed by atoms with Gasteiger partial charge in [0, 0.05) is 36.2 Å². The number of hydrogen-bond donors (Lipinski definition) is 0. The first kappa shape index (κ1) is 12.6. The fourth-order valence-electron chi connectivity index (χ4n) is 3.32. The van der Waals surface area contributed by atoms with Crippen molar-refractivity contribution in [2.24, 2.45) is 0 Å². The lowest BCUT2D eigenvalue weighted by Gasteiger charge is -2.40. The molecule has 2 fully saturated rings. The van der Waals surface area contributed by atoms with Gasteiger partial charge in [0.25, 0.3) is 0 Å². The van der Waals surface area contributed by atoms with Crippen molar-refractivity contribution in [3.05, 3.63) is 34.3 Å². The number of piperazine rings is 1. The molecule has 18 heavy (non-hydrogen) atoms. The van der Waals surface area contributed by atoms with Crippen LogP contribution in [0.2, 0.25) is 0 Å². The largest absolute Gasteiger partial charge is 0.298 e. The molecule has 2 heterocycles. The Labute approximate surface area is 118 Å². The molecule has 0 radical (unpaired) electrons. The Morgan fingerprint density at radius 1 is 1.17 bits per heavy atom. The van der Waals surface area contributed by atoms with Gasteiger partial charge in [-0.2, -0.15) is 0 Å². The molecule has 2 aliphatic heterocycles. The zero-order chi connectivity index (χ0) is 12.5. The maximum absolute atomic E-state index is 3.51. The van der Waals surface area contributed by atoms with Crippen molar-refractivity contribution in [1.29, 1.82) is 0 Å². The summed E-state index contributed by atoms with van der Waals surface area (Å²) >= 11 is 3.51. The molecule has 2 unspecified atom stereocenters. The predicted molar refractivity (Wildman–Crippen MR) is 78.7 cm³/mol. The van der Waals surface area contributed by atoms with Gasteiger partial charge in [-0.1, -0.05) is 28.1 Å².